The number of aryl methyl sites for hydroxylation is 2. The quantitative estimate of drug-likeness (QED) is 0.600. The number of rotatable bonds is 2. The van der Waals surface area contributed by atoms with Crippen molar-refractivity contribution in [3.63, 3.8) is 0 Å². The van der Waals surface area contributed by atoms with E-state index in [-0.39, 0.29) is 0 Å². The molecule has 60 valence electrons. The first kappa shape index (κ1) is 8.47. The summed E-state index contributed by atoms with van der Waals surface area (Å²) in [6.45, 7) is 4.31. The predicted molar refractivity (Wildman–Crippen MR) is 52.0 cm³/mol. The minimum atomic E-state index is 1.11. The monoisotopic (exact) mass is 167 g/mol. The van der Waals surface area contributed by atoms with E-state index in [4.69, 9.17) is 0 Å². The van der Waals surface area contributed by atoms with Crippen molar-refractivity contribution in [2.45, 2.75) is 20.3 Å². The van der Waals surface area contributed by atoms with Crippen LogP contribution in [0, 0.1) is 6.92 Å². The van der Waals surface area contributed by atoms with Gasteiger partial charge in [-0.1, -0.05) is 6.92 Å². The fourth-order valence-electron chi connectivity index (χ4n) is 1.11. The number of hydrogen-bond donors (Lipinski definition) is 0. The standard InChI is InChI=1S/C9H13NS/c1-4-9-8(6-10-3)5-7(2)11-9/h5-6H,4H2,1-3H3. The van der Waals surface area contributed by atoms with Gasteiger partial charge in [0.1, 0.15) is 0 Å². The van der Waals surface area contributed by atoms with Gasteiger partial charge in [-0.2, -0.15) is 0 Å². The molecule has 1 rings (SSSR count). The molecule has 0 aliphatic heterocycles. The van der Waals surface area contributed by atoms with Gasteiger partial charge in [0, 0.05) is 28.6 Å². The van der Waals surface area contributed by atoms with E-state index in [2.05, 4.69) is 24.9 Å². The van der Waals surface area contributed by atoms with Crippen molar-refractivity contribution in [3.8, 4) is 0 Å². The van der Waals surface area contributed by atoms with E-state index in [1.165, 1.54) is 15.3 Å². The van der Waals surface area contributed by atoms with Crippen molar-refractivity contribution in [1.82, 2.24) is 0 Å². The second-order valence-corrected chi connectivity index (χ2v) is 3.82. The zero-order chi connectivity index (χ0) is 8.27. The third-order valence-corrected chi connectivity index (χ3v) is 2.76. The van der Waals surface area contributed by atoms with Crippen molar-refractivity contribution < 1.29 is 0 Å². The average Bonchev–Trinajstić information content (AvgIpc) is 2.32. The molecule has 0 aromatic carbocycles. The Kier molecular flexibility index (Phi) is 2.83. The Bertz CT molecular complexity index is 261. The predicted octanol–water partition coefficient (Wildman–Crippen LogP) is 2.67. The van der Waals surface area contributed by atoms with Crippen LogP contribution in [0.15, 0.2) is 11.1 Å². The van der Waals surface area contributed by atoms with Crippen molar-refractivity contribution in [3.05, 3.63) is 21.4 Å². The second kappa shape index (κ2) is 3.67. The zero-order valence-electron chi connectivity index (χ0n) is 7.22. The minimum Gasteiger partial charge on any atom is -0.296 e. The molecule has 0 atom stereocenters. The Morgan fingerprint density at radius 3 is 2.91 bits per heavy atom. The highest BCUT2D eigenvalue weighted by Gasteiger charge is 2.01. The summed E-state index contributed by atoms with van der Waals surface area (Å²) in [6, 6.07) is 2.19. The van der Waals surface area contributed by atoms with E-state index in [0.29, 0.717) is 0 Å². The summed E-state index contributed by atoms with van der Waals surface area (Å²) in [4.78, 5) is 6.82. The molecule has 0 spiro atoms. The molecule has 0 aliphatic carbocycles. The smallest absolute Gasteiger partial charge is 0.0292 e. The van der Waals surface area contributed by atoms with Crippen LogP contribution in [0.2, 0.25) is 0 Å². The molecule has 2 heteroatoms. The molecule has 1 aromatic rings. The first-order chi connectivity index (χ1) is 5.27. The summed E-state index contributed by atoms with van der Waals surface area (Å²) in [5.74, 6) is 0. The molecule has 0 radical (unpaired) electrons. The Balaban J connectivity index is 3.01. The minimum absolute atomic E-state index is 1.11. The molecule has 0 bridgehead atoms. The Morgan fingerprint density at radius 2 is 2.36 bits per heavy atom. The van der Waals surface area contributed by atoms with Crippen LogP contribution in [0.3, 0.4) is 0 Å². The summed E-state index contributed by atoms with van der Waals surface area (Å²) in [5, 5.41) is 0. The molecule has 1 heterocycles. The lowest BCUT2D eigenvalue weighted by Crippen LogP contribution is -1.82. The van der Waals surface area contributed by atoms with Gasteiger partial charge >= 0.3 is 0 Å². The van der Waals surface area contributed by atoms with E-state index in [1.54, 1.807) is 0 Å². The maximum atomic E-state index is 4.01. The summed E-state index contributed by atoms with van der Waals surface area (Å²) < 4.78 is 0. The van der Waals surface area contributed by atoms with Crippen LogP contribution in [-0.4, -0.2) is 13.3 Å². The number of thiophene rings is 1. The van der Waals surface area contributed by atoms with Gasteiger partial charge in [0.2, 0.25) is 0 Å². The third kappa shape index (κ3) is 1.90. The normalized spacial score (nSPS) is 11.2. The highest BCUT2D eigenvalue weighted by Crippen LogP contribution is 2.20. The van der Waals surface area contributed by atoms with Crippen LogP contribution < -0.4 is 0 Å². The maximum absolute atomic E-state index is 4.01. The van der Waals surface area contributed by atoms with Crippen molar-refractivity contribution in [2.24, 2.45) is 4.99 Å². The van der Waals surface area contributed by atoms with Crippen molar-refractivity contribution >= 4 is 17.6 Å². The number of aliphatic imine (C=N–C) groups is 1. The Labute approximate surface area is 71.8 Å². The van der Waals surface area contributed by atoms with Crippen molar-refractivity contribution in [2.75, 3.05) is 7.05 Å². The molecule has 0 unspecified atom stereocenters. The molecule has 0 N–H and O–H groups in total. The molecule has 0 amide bonds. The van der Waals surface area contributed by atoms with Crippen LogP contribution in [0.4, 0.5) is 0 Å². The average molecular weight is 167 g/mol. The highest BCUT2D eigenvalue weighted by atomic mass is 32.1. The highest BCUT2D eigenvalue weighted by molar-refractivity contribution is 7.12. The summed E-state index contributed by atoms with van der Waals surface area (Å²) in [6.07, 6.45) is 3.04. The van der Waals surface area contributed by atoms with E-state index < -0.39 is 0 Å². The lowest BCUT2D eigenvalue weighted by atomic mass is 10.2. The van der Waals surface area contributed by atoms with E-state index in [1.807, 2.05) is 24.6 Å². The summed E-state index contributed by atoms with van der Waals surface area (Å²) in [5.41, 5.74) is 1.29. The SMILES string of the molecule is CCc1sc(C)cc1C=NC. The van der Waals surface area contributed by atoms with Gasteiger partial charge in [0.25, 0.3) is 0 Å². The van der Waals surface area contributed by atoms with Gasteiger partial charge in [-0.3, -0.25) is 4.99 Å². The Morgan fingerprint density at radius 1 is 1.64 bits per heavy atom. The molecule has 1 nitrogen and oxygen atoms in total. The van der Waals surface area contributed by atoms with E-state index in [0.717, 1.165) is 6.42 Å². The first-order valence-electron chi connectivity index (χ1n) is 3.79. The summed E-state index contributed by atoms with van der Waals surface area (Å²) in [7, 11) is 1.81. The second-order valence-electron chi connectivity index (χ2n) is 2.48. The molecule has 0 saturated heterocycles. The third-order valence-electron chi connectivity index (χ3n) is 1.55. The topological polar surface area (TPSA) is 12.4 Å². The van der Waals surface area contributed by atoms with Gasteiger partial charge < -0.3 is 0 Å². The van der Waals surface area contributed by atoms with Gasteiger partial charge in [0.15, 0.2) is 0 Å². The molecule has 1 aromatic heterocycles. The van der Waals surface area contributed by atoms with Crippen LogP contribution >= 0.6 is 11.3 Å². The fourth-order valence-corrected chi connectivity index (χ4v) is 2.06. The van der Waals surface area contributed by atoms with Gasteiger partial charge in [-0.05, 0) is 19.4 Å². The lowest BCUT2D eigenvalue weighted by Gasteiger charge is -1.90. The van der Waals surface area contributed by atoms with Crippen LogP contribution in [0.25, 0.3) is 0 Å². The van der Waals surface area contributed by atoms with Crippen LogP contribution in [0.5, 0.6) is 0 Å². The molecule has 0 saturated carbocycles. The maximum Gasteiger partial charge on any atom is 0.0292 e. The van der Waals surface area contributed by atoms with Gasteiger partial charge in [-0.15, -0.1) is 11.3 Å². The molecular formula is C9H13NS. The van der Waals surface area contributed by atoms with Gasteiger partial charge in [0.05, 0.1) is 0 Å². The van der Waals surface area contributed by atoms with E-state index in [9.17, 15) is 0 Å². The Hall–Kier alpha value is -0.630. The van der Waals surface area contributed by atoms with Crippen LogP contribution in [0.1, 0.15) is 22.2 Å². The fraction of sp³-hybridized carbons (Fsp3) is 0.444. The van der Waals surface area contributed by atoms with Crippen molar-refractivity contribution in [1.29, 1.82) is 0 Å². The molecule has 0 fully saturated rings. The summed E-state index contributed by atoms with van der Waals surface area (Å²) >= 11 is 1.86. The largest absolute Gasteiger partial charge is 0.296 e. The molecule has 0 aliphatic rings. The first-order valence-corrected chi connectivity index (χ1v) is 4.61. The number of hydrogen-bond acceptors (Lipinski definition) is 2. The number of nitrogens with zero attached hydrogens (tertiary/aromatic N) is 1. The van der Waals surface area contributed by atoms with E-state index >= 15 is 0 Å². The lowest BCUT2D eigenvalue weighted by molar-refractivity contribution is 1.18. The van der Waals surface area contributed by atoms with Gasteiger partial charge in [-0.25, -0.2) is 0 Å². The molecule has 11 heavy (non-hydrogen) atoms. The zero-order valence-corrected chi connectivity index (χ0v) is 8.03. The molecular weight excluding hydrogens is 154 g/mol. The van der Waals surface area contributed by atoms with Crippen LogP contribution in [-0.2, 0) is 6.42 Å².